The van der Waals surface area contributed by atoms with Crippen LogP contribution in [0.5, 0.6) is 0 Å². The number of rotatable bonds is 3. The van der Waals surface area contributed by atoms with Crippen LogP contribution in [0.25, 0.3) is 11.3 Å². The van der Waals surface area contributed by atoms with Crippen LogP contribution in [0.1, 0.15) is 11.1 Å². The molecule has 3 nitrogen and oxygen atoms in total. The Morgan fingerprint density at radius 1 is 1.04 bits per heavy atom. The SMILES string of the molecule is Cc1ccccc1-c1c(N=[C-]c2ccccc2)[c-]cn[n+]1C.[Y]. The van der Waals surface area contributed by atoms with E-state index in [1.807, 2.05) is 54.2 Å². The molecule has 0 unspecified atom stereocenters. The summed E-state index contributed by atoms with van der Waals surface area (Å²) in [4.78, 5) is 4.49. The fourth-order valence-corrected chi connectivity index (χ4v) is 2.31. The van der Waals surface area contributed by atoms with E-state index in [1.54, 1.807) is 6.20 Å². The van der Waals surface area contributed by atoms with Crippen molar-refractivity contribution in [2.24, 2.45) is 12.0 Å². The minimum Gasteiger partial charge on any atom is -0.384 e. The molecule has 23 heavy (non-hydrogen) atoms. The Hall–Kier alpha value is -1.71. The number of nitrogens with zero attached hydrogens (tertiary/aromatic N) is 3. The zero-order valence-electron chi connectivity index (χ0n) is 13.2. The Labute approximate surface area is 162 Å². The molecular formula is C19H16N3Y-. The number of hydrogen-bond acceptors (Lipinski definition) is 2. The van der Waals surface area contributed by atoms with E-state index in [4.69, 9.17) is 0 Å². The van der Waals surface area contributed by atoms with E-state index in [9.17, 15) is 0 Å². The smallest absolute Gasteiger partial charge is 0.146 e. The molecule has 3 aromatic rings. The van der Waals surface area contributed by atoms with Crippen molar-refractivity contribution in [1.82, 2.24) is 5.10 Å². The van der Waals surface area contributed by atoms with Gasteiger partial charge < -0.3 is 4.99 Å². The van der Waals surface area contributed by atoms with Crippen LogP contribution < -0.4 is 4.68 Å². The molecule has 3 rings (SSSR count). The summed E-state index contributed by atoms with van der Waals surface area (Å²) in [7, 11) is 1.91. The number of aromatic nitrogens is 2. The van der Waals surface area contributed by atoms with Crippen LogP contribution in [0.2, 0.25) is 0 Å². The van der Waals surface area contributed by atoms with Crippen molar-refractivity contribution >= 4 is 11.9 Å². The Morgan fingerprint density at radius 2 is 1.74 bits per heavy atom. The number of aliphatic imine (C=N–C) groups is 1. The van der Waals surface area contributed by atoms with E-state index in [0.29, 0.717) is 0 Å². The molecule has 1 radical (unpaired) electrons. The molecule has 0 saturated carbocycles. The fraction of sp³-hybridized carbons (Fsp3) is 0.105. The Bertz CT molecular complexity index is 814. The van der Waals surface area contributed by atoms with Gasteiger partial charge in [-0.3, -0.25) is 0 Å². The third-order valence-corrected chi connectivity index (χ3v) is 3.45. The fourth-order valence-electron chi connectivity index (χ4n) is 2.31. The summed E-state index contributed by atoms with van der Waals surface area (Å²) in [5.74, 6) is 0. The van der Waals surface area contributed by atoms with Crippen LogP contribution >= 0.6 is 0 Å². The third-order valence-electron chi connectivity index (χ3n) is 3.45. The van der Waals surface area contributed by atoms with E-state index in [2.05, 4.69) is 41.4 Å². The quantitative estimate of drug-likeness (QED) is 0.392. The Balaban J connectivity index is 0.00000192. The zero-order valence-corrected chi connectivity index (χ0v) is 16.0. The first kappa shape index (κ1) is 17.6. The minimum absolute atomic E-state index is 0. The van der Waals surface area contributed by atoms with Gasteiger partial charge in [-0.1, -0.05) is 35.9 Å². The van der Waals surface area contributed by atoms with Gasteiger partial charge in [0.25, 0.3) is 0 Å². The average molecular weight is 375 g/mol. The Morgan fingerprint density at radius 3 is 2.48 bits per heavy atom. The van der Waals surface area contributed by atoms with Gasteiger partial charge in [-0.15, -0.1) is 35.5 Å². The Kier molecular flexibility index (Phi) is 6.32. The van der Waals surface area contributed by atoms with Gasteiger partial charge in [-0.2, -0.15) is 4.68 Å². The molecule has 4 heteroatoms. The second-order valence-corrected chi connectivity index (χ2v) is 5.01. The van der Waals surface area contributed by atoms with E-state index < -0.39 is 0 Å². The van der Waals surface area contributed by atoms with Gasteiger partial charge in [0, 0.05) is 32.7 Å². The maximum Gasteiger partial charge on any atom is 0.146 e. The van der Waals surface area contributed by atoms with Gasteiger partial charge in [0.1, 0.15) is 7.05 Å². The van der Waals surface area contributed by atoms with Crippen molar-refractivity contribution in [3.8, 4) is 11.3 Å². The molecule has 0 spiro atoms. The van der Waals surface area contributed by atoms with Crippen molar-refractivity contribution in [2.45, 2.75) is 6.92 Å². The summed E-state index contributed by atoms with van der Waals surface area (Å²) in [6.07, 6.45) is 4.70. The van der Waals surface area contributed by atoms with Crippen molar-refractivity contribution in [3.63, 3.8) is 0 Å². The van der Waals surface area contributed by atoms with Crippen LogP contribution in [0, 0.1) is 13.0 Å². The first-order valence-electron chi connectivity index (χ1n) is 7.10. The molecule has 111 valence electrons. The van der Waals surface area contributed by atoms with E-state index in [-0.39, 0.29) is 32.7 Å². The second kappa shape index (κ2) is 8.23. The molecule has 2 aromatic carbocycles. The van der Waals surface area contributed by atoms with Crippen molar-refractivity contribution in [1.29, 1.82) is 0 Å². The predicted molar refractivity (Wildman–Crippen MR) is 87.1 cm³/mol. The molecule has 1 heterocycles. The van der Waals surface area contributed by atoms with Crippen LogP contribution in [0.15, 0.2) is 65.8 Å². The van der Waals surface area contributed by atoms with E-state index in [1.165, 1.54) is 5.56 Å². The standard InChI is InChI=1S/C19H16N3.Y/c1-15-8-6-7-11-17(15)19-18(12-13-21-22(19)2)20-14-16-9-4-3-5-10-16;/h3-11,13H,1-2H3;/q-1;. The molecule has 0 atom stereocenters. The summed E-state index contributed by atoms with van der Waals surface area (Å²) in [6.45, 7) is 2.08. The first-order valence-corrected chi connectivity index (χ1v) is 7.10. The molecule has 0 aliphatic rings. The van der Waals surface area contributed by atoms with E-state index >= 15 is 0 Å². The topological polar surface area (TPSA) is 29.1 Å². The van der Waals surface area contributed by atoms with Crippen molar-refractivity contribution in [2.75, 3.05) is 0 Å². The van der Waals surface area contributed by atoms with Gasteiger partial charge in [0.15, 0.2) is 0 Å². The molecule has 0 aliphatic heterocycles. The van der Waals surface area contributed by atoms with Gasteiger partial charge in [0.2, 0.25) is 0 Å². The van der Waals surface area contributed by atoms with Crippen LogP contribution in [-0.4, -0.2) is 11.3 Å². The summed E-state index contributed by atoms with van der Waals surface area (Å²) < 4.78 is 1.82. The second-order valence-electron chi connectivity index (χ2n) is 5.01. The molecule has 1 aromatic heterocycles. The van der Waals surface area contributed by atoms with E-state index in [0.717, 1.165) is 22.5 Å². The van der Waals surface area contributed by atoms with Crippen LogP contribution in [-0.2, 0) is 39.8 Å². The minimum atomic E-state index is 0. The third kappa shape index (κ3) is 4.18. The van der Waals surface area contributed by atoms with Gasteiger partial charge >= 0.3 is 0 Å². The van der Waals surface area contributed by atoms with Crippen LogP contribution in [0.4, 0.5) is 5.69 Å². The van der Waals surface area contributed by atoms with Gasteiger partial charge in [-0.25, -0.2) is 6.07 Å². The maximum absolute atomic E-state index is 4.49. The van der Waals surface area contributed by atoms with Gasteiger partial charge in [-0.05, 0) is 30.0 Å². The molecular weight excluding hydrogens is 359 g/mol. The normalized spacial score (nSPS) is 10.5. The maximum atomic E-state index is 4.49. The van der Waals surface area contributed by atoms with Crippen LogP contribution in [0.3, 0.4) is 0 Å². The molecule has 0 N–H and O–H groups in total. The zero-order chi connectivity index (χ0) is 15.4. The monoisotopic (exact) mass is 375 g/mol. The van der Waals surface area contributed by atoms with Gasteiger partial charge in [0.05, 0.1) is 5.69 Å². The average Bonchev–Trinajstić information content (AvgIpc) is 2.55. The summed E-state index contributed by atoms with van der Waals surface area (Å²) in [6, 6.07) is 21.2. The number of hydrogen-bond donors (Lipinski definition) is 0. The summed E-state index contributed by atoms with van der Waals surface area (Å²) >= 11 is 0. The van der Waals surface area contributed by atoms with Crippen molar-refractivity contribution < 1.29 is 37.4 Å². The predicted octanol–water partition coefficient (Wildman–Crippen LogP) is 3.31. The molecule has 0 bridgehead atoms. The molecule has 0 aliphatic carbocycles. The summed E-state index contributed by atoms with van der Waals surface area (Å²) in [5, 5.41) is 4.29. The molecule has 0 amide bonds. The first-order chi connectivity index (χ1) is 10.8. The largest absolute Gasteiger partial charge is 0.384 e. The molecule has 0 saturated heterocycles. The number of benzene rings is 2. The number of aryl methyl sites for hydroxylation is 2. The summed E-state index contributed by atoms with van der Waals surface area (Å²) in [5.41, 5.74) is 4.88. The molecule has 0 fully saturated rings. The van der Waals surface area contributed by atoms with Crippen molar-refractivity contribution in [3.05, 3.63) is 78.0 Å².